The second-order valence-corrected chi connectivity index (χ2v) is 5.12. The van der Waals surface area contributed by atoms with E-state index in [-0.39, 0.29) is 12.7 Å². The summed E-state index contributed by atoms with van der Waals surface area (Å²) in [6.07, 6.45) is 0.826. The first-order valence-corrected chi connectivity index (χ1v) is 6.57. The Morgan fingerprint density at radius 2 is 2.33 bits per heavy atom. The number of anilines is 1. The highest BCUT2D eigenvalue weighted by Gasteiger charge is 2.32. The van der Waals surface area contributed by atoms with Crippen LogP contribution in [0, 0.1) is 0 Å². The van der Waals surface area contributed by atoms with E-state index >= 15 is 0 Å². The maximum atomic E-state index is 9.13. The summed E-state index contributed by atoms with van der Waals surface area (Å²) in [5.74, 6) is 0.834. The van der Waals surface area contributed by atoms with Gasteiger partial charge in [-0.2, -0.15) is 0 Å². The van der Waals surface area contributed by atoms with Crippen LogP contribution in [0.25, 0.3) is 0 Å². The Hall–Kier alpha value is -0.970. The maximum Gasteiger partial charge on any atom is 0.144 e. The molecule has 1 saturated heterocycles. The predicted molar refractivity (Wildman–Crippen MR) is 69.5 cm³/mol. The van der Waals surface area contributed by atoms with E-state index in [0.29, 0.717) is 24.3 Å². The average Bonchev–Trinajstić information content (AvgIpc) is 2.86. The summed E-state index contributed by atoms with van der Waals surface area (Å²) in [5, 5.41) is 9.81. The van der Waals surface area contributed by atoms with Gasteiger partial charge in [0.1, 0.15) is 12.4 Å². The van der Waals surface area contributed by atoms with Crippen LogP contribution in [0.4, 0.5) is 5.69 Å². The molecule has 5 heteroatoms. The average molecular weight is 270 g/mol. The fourth-order valence-corrected chi connectivity index (χ4v) is 2.79. The second kappa shape index (κ2) is 4.96. The zero-order valence-electron chi connectivity index (χ0n) is 10.0. The van der Waals surface area contributed by atoms with Gasteiger partial charge < -0.3 is 19.5 Å². The standard InChI is InChI=1S/C13H16ClNO3/c14-9-1-2-12-13(5-9)17-4-3-15(12)10-6-11(7-16)18-8-10/h1-2,5,10-11,16H,3-4,6-8H2. The molecule has 4 nitrogen and oxygen atoms in total. The van der Waals surface area contributed by atoms with Crippen molar-refractivity contribution in [3.63, 3.8) is 0 Å². The summed E-state index contributed by atoms with van der Waals surface area (Å²) in [7, 11) is 0. The van der Waals surface area contributed by atoms with Crippen LogP contribution in [0.5, 0.6) is 5.75 Å². The Balaban J connectivity index is 1.83. The number of aliphatic hydroxyl groups is 1. The highest BCUT2D eigenvalue weighted by molar-refractivity contribution is 6.30. The quantitative estimate of drug-likeness (QED) is 0.887. The maximum absolute atomic E-state index is 9.13. The third-order valence-corrected chi connectivity index (χ3v) is 3.76. The number of fused-ring (bicyclic) bond motifs is 1. The molecular formula is C13H16ClNO3. The smallest absolute Gasteiger partial charge is 0.144 e. The summed E-state index contributed by atoms with van der Waals surface area (Å²) < 4.78 is 11.2. The molecule has 18 heavy (non-hydrogen) atoms. The van der Waals surface area contributed by atoms with Crippen LogP contribution in [0.3, 0.4) is 0 Å². The van der Waals surface area contributed by atoms with Gasteiger partial charge in [0.05, 0.1) is 37.6 Å². The van der Waals surface area contributed by atoms with Crippen LogP contribution < -0.4 is 9.64 Å². The number of nitrogens with zero attached hydrogens (tertiary/aromatic N) is 1. The summed E-state index contributed by atoms with van der Waals surface area (Å²) in [6.45, 7) is 2.26. The van der Waals surface area contributed by atoms with E-state index in [1.807, 2.05) is 18.2 Å². The molecule has 2 aliphatic heterocycles. The lowest BCUT2D eigenvalue weighted by atomic mass is 10.1. The lowest BCUT2D eigenvalue weighted by Crippen LogP contribution is -2.41. The minimum Gasteiger partial charge on any atom is -0.490 e. The monoisotopic (exact) mass is 269 g/mol. The minimum absolute atomic E-state index is 0.0337. The van der Waals surface area contributed by atoms with Gasteiger partial charge >= 0.3 is 0 Å². The molecule has 2 unspecified atom stereocenters. The van der Waals surface area contributed by atoms with Crippen LogP contribution in [-0.4, -0.2) is 43.6 Å². The van der Waals surface area contributed by atoms with Gasteiger partial charge in [-0.05, 0) is 18.6 Å². The van der Waals surface area contributed by atoms with Gasteiger partial charge in [-0.3, -0.25) is 0 Å². The Bertz CT molecular complexity index is 440. The van der Waals surface area contributed by atoms with Crippen LogP contribution in [0.1, 0.15) is 6.42 Å². The van der Waals surface area contributed by atoms with E-state index in [1.54, 1.807) is 0 Å². The molecule has 0 aliphatic carbocycles. The van der Waals surface area contributed by atoms with Gasteiger partial charge in [0, 0.05) is 11.1 Å². The third kappa shape index (κ3) is 2.16. The molecule has 2 aliphatic rings. The van der Waals surface area contributed by atoms with E-state index in [0.717, 1.165) is 24.4 Å². The topological polar surface area (TPSA) is 41.9 Å². The molecule has 3 rings (SSSR count). The van der Waals surface area contributed by atoms with Crippen molar-refractivity contribution >= 4 is 17.3 Å². The number of hydrogen-bond donors (Lipinski definition) is 1. The lowest BCUT2D eigenvalue weighted by molar-refractivity contribution is 0.0583. The second-order valence-electron chi connectivity index (χ2n) is 4.68. The van der Waals surface area contributed by atoms with E-state index in [1.165, 1.54) is 0 Å². The number of hydrogen-bond acceptors (Lipinski definition) is 4. The molecule has 0 radical (unpaired) electrons. The zero-order chi connectivity index (χ0) is 12.5. The molecule has 1 fully saturated rings. The molecule has 2 heterocycles. The van der Waals surface area contributed by atoms with Crippen molar-refractivity contribution in [2.24, 2.45) is 0 Å². The largest absolute Gasteiger partial charge is 0.490 e. The van der Waals surface area contributed by atoms with Gasteiger partial charge in [0.15, 0.2) is 0 Å². The Kier molecular flexibility index (Phi) is 3.33. The van der Waals surface area contributed by atoms with Gasteiger partial charge in [-0.1, -0.05) is 11.6 Å². The number of rotatable bonds is 2. The number of halogens is 1. The number of ether oxygens (including phenoxy) is 2. The summed E-state index contributed by atoms with van der Waals surface area (Å²) >= 11 is 5.97. The number of aliphatic hydroxyl groups excluding tert-OH is 1. The molecule has 0 amide bonds. The van der Waals surface area contributed by atoms with Crippen molar-refractivity contribution in [3.05, 3.63) is 23.2 Å². The van der Waals surface area contributed by atoms with Crippen molar-refractivity contribution in [2.45, 2.75) is 18.6 Å². The Morgan fingerprint density at radius 3 is 3.11 bits per heavy atom. The fraction of sp³-hybridized carbons (Fsp3) is 0.538. The van der Waals surface area contributed by atoms with Crippen molar-refractivity contribution < 1.29 is 14.6 Å². The normalized spacial score (nSPS) is 26.9. The van der Waals surface area contributed by atoms with Gasteiger partial charge in [-0.15, -0.1) is 0 Å². The molecule has 1 aromatic carbocycles. The molecule has 1 aromatic rings. The first-order chi connectivity index (χ1) is 8.78. The first-order valence-electron chi connectivity index (χ1n) is 6.19. The molecular weight excluding hydrogens is 254 g/mol. The van der Waals surface area contributed by atoms with E-state index < -0.39 is 0 Å². The molecule has 0 bridgehead atoms. The van der Waals surface area contributed by atoms with E-state index in [2.05, 4.69) is 4.90 Å². The van der Waals surface area contributed by atoms with Crippen molar-refractivity contribution in [2.75, 3.05) is 31.3 Å². The van der Waals surface area contributed by atoms with Crippen LogP contribution in [0.15, 0.2) is 18.2 Å². The lowest BCUT2D eigenvalue weighted by Gasteiger charge is -2.35. The minimum atomic E-state index is -0.0337. The van der Waals surface area contributed by atoms with E-state index in [9.17, 15) is 0 Å². The predicted octanol–water partition coefficient (Wildman–Crippen LogP) is 1.69. The van der Waals surface area contributed by atoms with Crippen LogP contribution in [0.2, 0.25) is 5.02 Å². The van der Waals surface area contributed by atoms with Crippen molar-refractivity contribution in [3.8, 4) is 5.75 Å². The van der Waals surface area contributed by atoms with Gasteiger partial charge in [-0.25, -0.2) is 0 Å². The third-order valence-electron chi connectivity index (χ3n) is 3.52. The SMILES string of the molecule is OCC1CC(N2CCOc3cc(Cl)ccc32)CO1. The van der Waals surface area contributed by atoms with Crippen LogP contribution in [-0.2, 0) is 4.74 Å². The molecule has 0 spiro atoms. The zero-order valence-corrected chi connectivity index (χ0v) is 10.8. The Labute approximate surface area is 111 Å². The van der Waals surface area contributed by atoms with Gasteiger partial charge in [0.2, 0.25) is 0 Å². The highest BCUT2D eigenvalue weighted by atomic mass is 35.5. The summed E-state index contributed by atoms with van der Waals surface area (Å²) in [6, 6.07) is 6.03. The first kappa shape index (κ1) is 12.1. The molecule has 1 N–H and O–H groups in total. The molecule has 0 aromatic heterocycles. The van der Waals surface area contributed by atoms with Crippen molar-refractivity contribution in [1.82, 2.24) is 0 Å². The van der Waals surface area contributed by atoms with Crippen molar-refractivity contribution in [1.29, 1.82) is 0 Å². The van der Waals surface area contributed by atoms with E-state index in [4.69, 9.17) is 26.2 Å². The van der Waals surface area contributed by atoms with Gasteiger partial charge in [0.25, 0.3) is 0 Å². The molecule has 2 atom stereocenters. The fourth-order valence-electron chi connectivity index (χ4n) is 2.63. The molecule has 98 valence electrons. The van der Waals surface area contributed by atoms with Crippen LogP contribution >= 0.6 is 11.6 Å². The molecule has 0 saturated carbocycles. The summed E-state index contributed by atoms with van der Waals surface area (Å²) in [4.78, 5) is 2.30. The number of benzene rings is 1. The Morgan fingerprint density at radius 1 is 1.44 bits per heavy atom. The highest BCUT2D eigenvalue weighted by Crippen LogP contribution is 2.36. The summed E-state index contributed by atoms with van der Waals surface area (Å²) in [5.41, 5.74) is 1.07.